The van der Waals surface area contributed by atoms with Gasteiger partial charge in [-0.1, -0.05) is 6.07 Å². The van der Waals surface area contributed by atoms with Gasteiger partial charge in [-0.2, -0.15) is 0 Å². The Hall–Kier alpha value is -3.19. The second-order valence-electron chi connectivity index (χ2n) is 11.5. The number of phenolic OH excluding ortho intramolecular Hbond substituents is 1. The van der Waals surface area contributed by atoms with Crippen LogP contribution in [0, 0.1) is 0 Å². The van der Waals surface area contributed by atoms with Crippen LogP contribution in [0.3, 0.4) is 0 Å². The number of aromatic nitrogens is 3. The third-order valence-electron chi connectivity index (χ3n) is 7.22. The molecule has 3 aromatic rings. The number of benzene rings is 1. The molecule has 35 heavy (non-hydrogen) atoms. The minimum atomic E-state index is -0.000311. The first-order valence-electron chi connectivity index (χ1n) is 12.4. The van der Waals surface area contributed by atoms with E-state index >= 15 is 0 Å². The van der Waals surface area contributed by atoms with Gasteiger partial charge in [-0.15, -0.1) is 10.2 Å². The second-order valence-corrected chi connectivity index (χ2v) is 11.5. The molecule has 0 radical (unpaired) electrons. The first-order valence-corrected chi connectivity index (χ1v) is 12.4. The third-order valence-corrected chi connectivity index (χ3v) is 7.22. The molecule has 2 N–H and O–H groups in total. The van der Waals surface area contributed by atoms with E-state index in [1.807, 2.05) is 36.5 Å². The van der Waals surface area contributed by atoms with E-state index < -0.39 is 0 Å². The van der Waals surface area contributed by atoms with Crippen molar-refractivity contribution < 1.29 is 5.11 Å². The number of phenols is 1. The molecule has 0 bridgehead atoms. The van der Waals surface area contributed by atoms with E-state index in [9.17, 15) is 9.90 Å². The topological polar surface area (TPSA) is 83.3 Å². The largest absolute Gasteiger partial charge is 0.507 e. The zero-order valence-electron chi connectivity index (χ0n) is 21.2. The molecule has 2 fully saturated rings. The maximum atomic E-state index is 12.4. The fourth-order valence-electron chi connectivity index (χ4n) is 5.64. The third kappa shape index (κ3) is 4.96. The summed E-state index contributed by atoms with van der Waals surface area (Å²) >= 11 is 0. The van der Waals surface area contributed by atoms with Crippen LogP contribution in [0.1, 0.15) is 59.4 Å². The fourth-order valence-corrected chi connectivity index (χ4v) is 5.64. The number of hydrogen-bond donors (Lipinski definition) is 2. The molecule has 1 aliphatic heterocycles. The van der Waals surface area contributed by atoms with E-state index in [-0.39, 0.29) is 22.4 Å². The highest BCUT2D eigenvalue weighted by Gasteiger charge is 2.39. The molecule has 0 atom stereocenters. The van der Waals surface area contributed by atoms with Gasteiger partial charge in [-0.25, -0.2) is 0 Å². The molecule has 2 aromatic heterocycles. The van der Waals surface area contributed by atoms with Crippen LogP contribution in [0.15, 0.2) is 53.5 Å². The number of nitrogens with one attached hydrogen (secondary N) is 1. The van der Waals surface area contributed by atoms with Gasteiger partial charge in [0.2, 0.25) is 0 Å². The van der Waals surface area contributed by atoms with Crippen LogP contribution in [-0.4, -0.2) is 44.0 Å². The van der Waals surface area contributed by atoms with Crippen molar-refractivity contribution in [3.8, 4) is 28.1 Å². The van der Waals surface area contributed by atoms with Gasteiger partial charge in [0.25, 0.3) is 5.56 Å². The van der Waals surface area contributed by atoms with Crippen molar-refractivity contribution in [2.24, 2.45) is 0 Å². The van der Waals surface area contributed by atoms with Crippen molar-refractivity contribution >= 4 is 5.82 Å². The van der Waals surface area contributed by atoms with Crippen molar-refractivity contribution in [1.29, 1.82) is 0 Å². The van der Waals surface area contributed by atoms with E-state index in [1.54, 1.807) is 16.7 Å². The molecule has 2 aliphatic rings. The predicted molar refractivity (Wildman–Crippen MR) is 140 cm³/mol. The van der Waals surface area contributed by atoms with Crippen LogP contribution in [-0.2, 0) is 0 Å². The number of anilines is 1. The molecule has 1 saturated carbocycles. The molecular formula is C28H35N5O2. The summed E-state index contributed by atoms with van der Waals surface area (Å²) < 4.78 is 1.79. The van der Waals surface area contributed by atoms with Gasteiger partial charge in [0, 0.05) is 48.0 Å². The number of pyridine rings is 1. The van der Waals surface area contributed by atoms with Crippen LogP contribution < -0.4 is 15.8 Å². The Bertz CT molecular complexity index is 1280. The van der Waals surface area contributed by atoms with Crippen LogP contribution in [0.5, 0.6) is 5.75 Å². The SMILES string of the molecule is CN(c1ccc(-c2ccc(-c3ccn(C4CC4)c(=O)c3)cc2O)nn1)C1CC(C)(C)NC(C)(C)C1. The van der Waals surface area contributed by atoms with Gasteiger partial charge in [-0.3, -0.25) is 4.79 Å². The maximum absolute atomic E-state index is 12.4. The summed E-state index contributed by atoms with van der Waals surface area (Å²) in [7, 11) is 2.08. The molecule has 5 rings (SSSR count). The summed E-state index contributed by atoms with van der Waals surface area (Å²) in [5.41, 5.74) is 2.92. The number of piperidine rings is 1. The maximum Gasteiger partial charge on any atom is 0.251 e. The lowest BCUT2D eigenvalue weighted by atomic mass is 9.79. The van der Waals surface area contributed by atoms with E-state index in [4.69, 9.17) is 0 Å². The molecule has 1 aliphatic carbocycles. The Labute approximate surface area is 206 Å². The van der Waals surface area contributed by atoms with Crippen LogP contribution >= 0.6 is 0 Å². The molecule has 1 aromatic carbocycles. The molecule has 1 saturated heterocycles. The lowest BCUT2D eigenvalue weighted by molar-refractivity contribution is 0.160. The predicted octanol–water partition coefficient (Wildman–Crippen LogP) is 4.76. The Kier molecular flexibility index (Phi) is 5.71. The van der Waals surface area contributed by atoms with Gasteiger partial charge < -0.3 is 19.9 Å². The van der Waals surface area contributed by atoms with Crippen molar-refractivity contribution in [2.75, 3.05) is 11.9 Å². The molecule has 3 heterocycles. The average Bonchev–Trinajstić information content (AvgIpc) is 3.62. The number of aromatic hydroxyl groups is 1. The highest BCUT2D eigenvalue weighted by Crippen LogP contribution is 2.36. The summed E-state index contributed by atoms with van der Waals surface area (Å²) in [5, 5.41) is 23.4. The van der Waals surface area contributed by atoms with E-state index in [2.05, 4.69) is 55.2 Å². The molecule has 7 heteroatoms. The number of nitrogens with zero attached hydrogens (tertiary/aromatic N) is 4. The molecule has 0 unspecified atom stereocenters. The van der Waals surface area contributed by atoms with Gasteiger partial charge in [0.1, 0.15) is 5.75 Å². The molecule has 0 spiro atoms. The van der Waals surface area contributed by atoms with Crippen molar-refractivity contribution in [3.05, 3.63) is 59.0 Å². The first kappa shape index (κ1) is 23.5. The average molecular weight is 474 g/mol. The van der Waals surface area contributed by atoms with Crippen LogP contribution in [0.4, 0.5) is 5.82 Å². The molecule has 184 valence electrons. The lowest BCUT2D eigenvalue weighted by Crippen LogP contribution is -2.62. The summed E-state index contributed by atoms with van der Waals surface area (Å²) in [6.07, 6.45) is 6.02. The van der Waals surface area contributed by atoms with Gasteiger partial charge in [0.05, 0.1) is 5.69 Å². The monoisotopic (exact) mass is 473 g/mol. The standard InChI is InChI=1S/C28H35N5O2/c1-27(2)16-21(17-28(3,4)31-27)32(5)25-11-10-23(29-30-25)22-9-6-18(14-24(22)34)19-12-13-33(20-7-8-20)26(35)15-19/h6,9-15,20-21,31,34H,7-8,16-17H2,1-5H3. The summed E-state index contributed by atoms with van der Waals surface area (Å²) in [6, 6.07) is 13.6. The quantitative estimate of drug-likeness (QED) is 0.556. The summed E-state index contributed by atoms with van der Waals surface area (Å²) in [4.78, 5) is 14.6. The molecule has 7 nitrogen and oxygen atoms in total. The highest BCUT2D eigenvalue weighted by molar-refractivity contribution is 5.74. The zero-order valence-corrected chi connectivity index (χ0v) is 21.2. The van der Waals surface area contributed by atoms with Crippen LogP contribution in [0.2, 0.25) is 0 Å². The smallest absolute Gasteiger partial charge is 0.251 e. The Morgan fingerprint density at radius 2 is 1.66 bits per heavy atom. The van der Waals surface area contributed by atoms with E-state index in [0.717, 1.165) is 42.6 Å². The minimum Gasteiger partial charge on any atom is -0.507 e. The van der Waals surface area contributed by atoms with Crippen LogP contribution in [0.25, 0.3) is 22.4 Å². The Morgan fingerprint density at radius 3 is 2.23 bits per heavy atom. The summed E-state index contributed by atoms with van der Waals surface area (Å²) in [5.74, 6) is 0.936. The summed E-state index contributed by atoms with van der Waals surface area (Å²) in [6.45, 7) is 8.98. The Balaban J connectivity index is 1.35. The fraction of sp³-hybridized carbons (Fsp3) is 0.464. The Morgan fingerprint density at radius 1 is 0.971 bits per heavy atom. The van der Waals surface area contributed by atoms with E-state index in [1.165, 1.54) is 0 Å². The second kappa shape index (κ2) is 8.48. The first-order chi connectivity index (χ1) is 16.5. The normalized spacial score (nSPS) is 19.5. The minimum absolute atomic E-state index is 0.000311. The van der Waals surface area contributed by atoms with Crippen molar-refractivity contribution in [2.45, 2.75) is 76.5 Å². The van der Waals surface area contributed by atoms with Crippen molar-refractivity contribution in [1.82, 2.24) is 20.1 Å². The van der Waals surface area contributed by atoms with Gasteiger partial charge in [-0.05, 0) is 94.8 Å². The number of hydrogen-bond acceptors (Lipinski definition) is 6. The number of rotatable bonds is 5. The highest BCUT2D eigenvalue weighted by atomic mass is 16.3. The molecule has 0 amide bonds. The van der Waals surface area contributed by atoms with Gasteiger partial charge >= 0.3 is 0 Å². The zero-order chi connectivity index (χ0) is 25.0. The lowest BCUT2D eigenvalue weighted by Gasteiger charge is -2.49. The molecular weight excluding hydrogens is 438 g/mol. The van der Waals surface area contributed by atoms with Crippen molar-refractivity contribution in [3.63, 3.8) is 0 Å². The van der Waals surface area contributed by atoms with Gasteiger partial charge in [0.15, 0.2) is 5.82 Å². The van der Waals surface area contributed by atoms with E-state index in [0.29, 0.717) is 23.3 Å².